The molecule has 0 aliphatic carbocycles. The van der Waals surface area contributed by atoms with Gasteiger partial charge in [0.2, 0.25) is 5.91 Å². The summed E-state index contributed by atoms with van der Waals surface area (Å²) in [4.78, 5) is 11.4. The Hall–Kier alpha value is -0.690. The maximum Gasteiger partial charge on any atom is 0.222 e. The van der Waals surface area contributed by atoms with Gasteiger partial charge in [0, 0.05) is 37.6 Å². The molecule has 1 atom stereocenters. The lowest BCUT2D eigenvalue weighted by Crippen LogP contribution is -2.48. The first kappa shape index (κ1) is 18.3. The standard InChI is InChI=1S/C13H31N5O/c1-10(2)13(19)17-8-12(14)9-18(15)7-5-6-16-11(3)4/h10-12,16H,5-9,14-15H2,1-4H3,(H,17,19). The van der Waals surface area contributed by atoms with Crippen LogP contribution in [0.1, 0.15) is 34.1 Å². The molecule has 0 radical (unpaired) electrons. The van der Waals surface area contributed by atoms with Crippen molar-refractivity contribution < 1.29 is 4.79 Å². The molecular formula is C13H31N5O. The summed E-state index contributed by atoms with van der Waals surface area (Å²) in [5, 5.41) is 7.86. The van der Waals surface area contributed by atoms with Gasteiger partial charge in [-0.25, -0.2) is 5.01 Å². The average Bonchev–Trinajstić information content (AvgIpc) is 2.31. The Bertz CT molecular complexity index is 245. The zero-order valence-corrected chi connectivity index (χ0v) is 12.8. The molecular weight excluding hydrogens is 242 g/mol. The first-order valence-electron chi connectivity index (χ1n) is 7.09. The SMILES string of the molecule is CC(C)NCCCN(N)CC(N)CNC(=O)C(C)C. The smallest absolute Gasteiger partial charge is 0.222 e. The number of hydrogen-bond acceptors (Lipinski definition) is 5. The van der Waals surface area contributed by atoms with Crippen molar-refractivity contribution in [1.29, 1.82) is 0 Å². The number of nitrogens with two attached hydrogens (primary N) is 2. The maximum atomic E-state index is 11.4. The Morgan fingerprint density at radius 1 is 1.26 bits per heavy atom. The molecule has 0 heterocycles. The van der Waals surface area contributed by atoms with Gasteiger partial charge in [-0.15, -0.1) is 0 Å². The second-order valence-corrected chi connectivity index (χ2v) is 5.62. The van der Waals surface area contributed by atoms with Crippen molar-refractivity contribution in [1.82, 2.24) is 15.6 Å². The van der Waals surface area contributed by atoms with Gasteiger partial charge in [0.25, 0.3) is 0 Å². The van der Waals surface area contributed by atoms with Crippen molar-refractivity contribution in [2.45, 2.75) is 46.2 Å². The third kappa shape index (κ3) is 10.9. The molecule has 0 aromatic rings. The van der Waals surface area contributed by atoms with Crippen LogP contribution in [-0.4, -0.2) is 49.2 Å². The largest absolute Gasteiger partial charge is 0.354 e. The number of carbonyl (C=O) groups is 1. The van der Waals surface area contributed by atoms with Crippen LogP contribution in [0.25, 0.3) is 0 Å². The van der Waals surface area contributed by atoms with E-state index in [0.29, 0.717) is 19.1 Å². The monoisotopic (exact) mass is 273 g/mol. The van der Waals surface area contributed by atoms with E-state index >= 15 is 0 Å². The van der Waals surface area contributed by atoms with E-state index in [4.69, 9.17) is 11.6 Å². The van der Waals surface area contributed by atoms with Crippen LogP contribution >= 0.6 is 0 Å². The molecule has 0 fully saturated rings. The van der Waals surface area contributed by atoms with E-state index < -0.39 is 0 Å². The van der Waals surface area contributed by atoms with Gasteiger partial charge in [-0.05, 0) is 13.0 Å². The van der Waals surface area contributed by atoms with Crippen LogP contribution in [0.3, 0.4) is 0 Å². The molecule has 6 N–H and O–H groups in total. The third-order valence-electron chi connectivity index (χ3n) is 2.71. The van der Waals surface area contributed by atoms with Gasteiger partial charge in [0.1, 0.15) is 0 Å². The van der Waals surface area contributed by atoms with Gasteiger partial charge in [0.05, 0.1) is 0 Å². The van der Waals surface area contributed by atoms with Crippen LogP contribution in [0.5, 0.6) is 0 Å². The number of hydrogen-bond donors (Lipinski definition) is 4. The summed E-state index contributed by atoms with van der Waals surface area (Å²) in [6.07, 6.45) is 0.986. The second kappa shape index (κ2) is 10.1. The highest BCUT2D eigenvalue weighted by Gasteiger charge is 2.11. The summed E-state index contributed by atoms with van der Waals surface area (Å²) in [7, 11) is 0. The lowest BCUT2D eigenvalue weighted by molar-refractivity contribution is -0.124. The number of nitrogens with one attached hydrogen (secondary N) is 2. The number of hydrazine groups is 1. The molecule has 0 bridgehead atoms. The summed E-state index contributed by atoms with van der Waals surface area (Å²) >= 11 is 0. The topological polar surface area (TPSA) is 96.4 Å². The minimum atomic E-state index is -0.134. The Labute approximate surface area is 117 Å². The molecule has 0 aliphatic heterocycles. The molecule has 1 amide bonds. The maximum absolute atomic E-state index is 11.4. The zero-order chi connectivity index (χ0) is 14.8. The van der Waals surface area contributed by atoms with E-state index in [9.17, 15) is 4.79 Å². The van der Waals surface area contributed by atoms with Gasteiger partial charge in [0.15, 0.2) is 0 Å². The van der Waals surface area contributed by atoms with E-state index in [1.807, 2.05) is 13.8 Å². The van der Waals surface area contributed by atoms with Gasteiger partial charge in [-0.1, -0.05) is 27.7 Å². The Kier molecular flexibility index (Phi) is 9.77. The Morgan fingerprint density at radius 2 is 1.89 bits per heavy atom. The van der Waals surface area contributed by atoms with Crippen LogP contribution in [0.15, 0.2) is 0 Å². The first-order chi connectivity index (χ1) is 8.82. The van der Waals surface area contributed by atoms with Crippen molar-refractivity contribution >= 4 is 5.91 Å². The van der Waals surface area contributed by atoms with E-state index in [0.717, 1.165) is 19.5 Å². The molecule has 0 saturated heterocycles. The summed E-state index contributed by atoms with van der Waals surface area (Å²) in [6.45, 7) is 10.8. The van der Waals surface area contributed by atoms with E-state index in [1.165, 1.54) is 0 Å². The highest BCUT2D eigenvalue weighted by atomic mass is 16.1. The van der Waals surface area contributed by atoms with Crippen molar-refractivity contribution in [2.24, 2.45) is 17.5 Å². The van der Waals surface area contributed by atoms with Crippen LogP contribution in [0.2, 0.25) is 0 Å². The van der Waals surface area contributed by atoms with Gasteiger partial charge in [-0.2, -0.15) is 0 Å². The van der Waals surface area contributed by atoms with E-state index in [1.54, 1.807) is 5.01 Å². The number of nitrogens with zero attached hydrogens (tertiary/aromatic N) is 1. The van der Waals surface area contributed by atoms with Crippen molar-refractivity contribution in [2.75, 3.05) is 26.2 Å². The van der Waals surface area contributed by atoms with Crippen molar-refractivity contribution in [3.8, 4) is 0 Å². The fraction of sp³-hybridized carbons (Fsp3) is 0.923. The lowest BCUT2D eigenvalue weighted by atomic mass is 10.2. The van der Waals surface area contributed by atoms with E-state index in [-0.39, 0.29) is 17.9 Å². The molecule has 1 unspecified atom stereocenters. The van der Waals surface area contributed by atoms with Crippen LogP contribution in [0.4, 0.5) is 0 Å². The minimum Gasteiger partial charge on any atom is -0.354 e. The number of amides is 1. The second-order valence-electron chi connectivity index (χ2n) is 5.62. The molecule has 114 valence electrons. The number of rotatable bonds is 10. The molecule has 0 saturated carbocycles. The normalized spacial score (nSPS) is 13.3. The average molecular weight is 273 g/mol. The fourth-order valence-corrected chi connectivity index (χ4v) is 1.57. The highest BCUT2D eigenvalue weighted by Crippen LogP contribution is 1.91. The molecule has 0 spiro atoms. The molecule has 0 aliphatic rings. The predicted molar refractivity (Wildman–Crippen MR) is 79.3 cm³/mol. The molecule has 19 heavy (non-hydrogen) atoms. The van der Waals surface area contributed by atoms with Gasteiger partial charge >= 0.3 is 0 Å². The molecule has 0 rings (SSSR count). The third-order valence-corrected chi connectivity index (χ3v) is 2.71. The van der Waals surface area contributed by atoms with Crippen molar-refractivity contribution in [3.05, 3.63) is 0 Å². The highest BCUT2D eigenvalue weighted by molar-refractivity contribution is 5.77. The van der Waals surface area contributed by atoms with E-state index in [2.05, 4.69) is 24.5 Å². The summed E-state index contributed by atoms with van der Waals surface area (Å²) in [6, 6.07) is 0.366. The Morgan fingerprint density at radius 3 is 2.42 bits per heavy atom. The fourth-order valence-electron chi connectivity index (χ4n) is 1.57. The number of carbonyl (C=O) groups excluding carboxylic acids is 1. The predicted octanol–water partition coefficient (Wildman–Crippen LogP) is -0.350. The first-order valence-corrected chi connectivity index (χ1v) is 7.09. The molecule has 0 aromatic carbocycles. The lowest BCUT2D eigenvalue weighted by Gasteiger charge is -2.21. The summed E-state index contributed by atoms with van der Waals surface area (Å²) in [5.74, 6) is 5.89. The van der Waals surface area contributed by atoms with Crippen molar-refractivity contribution in [3.63, 3.8) is 0 Å². The van der Waals surface area contributed by atoms with Gasteiger partial charge in [-0.3, -0.25) is 10.6 Å². The molecule has 6 nitrogen and oxygen atoms in total. The van der Waals surface area contributed by atoms with Crippen LogP contribution < -0.4 is 22.2 Å². The minimum absolute atomic E-state index is 0.0108. The molecule has 0 aromatic heterocycles. The molecule has 6 heteroatoms. The van der Waals surface area contributed by atoms with Gasteiger partial charge < -0.3 is 16.4 Å². The summed E-state index contributed by atoms with van der Waals surface area (Å²) < 4.78 is 0. The summed E-state index contributed by atoms with van der Waals surface area (Å²) in [5.41, 5.74) is 5.92. The Balaban J connectivity index is 3.63. The quantitative estimate of drug-likeness (QED) is 0.248. The van der Waals surface area contributed by atoms with Crippen LogP contribution in [0, 0.1) is 5.92 Å². The van der Waals surface area contributed by atoms with Crippen LogP contribution in [-0.2, 0) is 4.79 Å². The zero-order valence-electron chi connectivity index (χ0n) is 12.8.